The van der Waals surface area contributed by atoms with Crippen LogP contribution >= 0.6 is 0 Å². The van der Waals surface area contributed by atoms with Gasteiger partial charge in [0, 0.05) is 18.1 Å². The van der Waals surface area contributed by atoms with E-state index in [0.29, 0.717) is 0 Å². The van der Waals surface area contributed by atoms with Gasteiger partial charge in [0.05, 0.1) is 0 Å². The Morgan fingerprint density at radius 2 is 1.63 bits per heavy atom. The molecule has 2 aliphatic carbocycles. The van der Waals surface area contributed by atoms with Gasteiger partial charge in [-0.1, -0.05) is 33.1 Å². The highest BCUT2D eigenvalue weighted by Gasteiger charge is 2.32. The zero-order valence-corrected chi connectivity index (χ0v) is 13.3. The van der Waals surface area contributed by atoms with Crippen LogP contribution < -0.4 is 5.32 Å². The molecule has 112 valence electrons. The highest BCUT2D eigenvalue weighted by atomic mass is 15.2. The summed E-state index contributed by atoms with van der Waals surface area (Å²) in [6, 6.07) is 2.52. The maximum atomic E-state index is 3.62. The molecule has 0 bridgehead atoms. The van der Waals surface area contributed by atoms with Crippen LogP contribution in [-0.2, 0) is 0 Å². The number of nitrogens with zero attached hydrogens (tertiary/aromatic N) is 1. The molecule has 19 heavy (non-hydrogen) atoms. The third-order valence-electron chi connectivity index (χ3n) is 5.68. The molecule has 2 nitrogen and oxygen atoms in total. The highest BCUT2D eigenvalue weighted by molar-refractivity contribution is 4.88. The molecule has 2 heteroatoms. The Balaban J connectivity index is 1.84. The van der Waals surface area contributed by atoms with Gasteiger partial charge in [-0.2, -0.15) is 0 Å². The van der Waals surface area contributed by atoms with E-state index in [9.17, 15) is 0 Å². The first kappa shape index (κ1) is 15.3. The smallest absolute Gasteiger partial charge is 0.0123 e. The molecular formula is C17H34N2. The molecule has 2 atom stereocenters. The predicted octanol–water partition coefficient (Wildman–Crippen LogP) is 3.81. The summed E-state index contributed by atoms with van der Waals surface area (Å²) < 4.78 is 0. The molecule has 2 saturated carbocycles. The van der Waals surface area contributed by atoms with Gasteiger partial charge in [0.1, 0.15) is 0 Å². The molecule has 1 N–H and O–H groups in total. The monoisotopic (exact) mass is 266 g/mol. The molecule has 0 aliphatic heterocycles. The van der Waals surface area contributed by atoms with Crippen molar-refractivity contribution in [1.82, 2.24) is 10.2 Å². The van der Waals surface area contributed by atoms with Crippen LogP contribution in [0, 0.1) is 5.92 Å². The molecular weight excluding hydrogens is 232 g/mol. The lowest BCUT2D eigenvalue weighted by Gasteiger charge is -2.44. The Morgan fingerprint density at radius 3 is 2.26 bits per heavy atom. The number of hydrogen-bond donors (Lipinski definition) is 1. The standard InChI is InChI=1S/C17H34N2/c1-4-14-8-6-7-9-17(14)19(3)16-12-10-15(11-13-16)18-5-2/h14-18H,4-13H2,1-3H3. The van der Waals surface area contributed by atoms with E-state index in [4.69, 9.17) is 0 Å². The van der Waals surface area contributed by atoms with Gasteiger partial charge in [0.15, 0.2) is 0 Å². The second-order valence-corrected chi connectivity index (χ2v) is 6.75. The molecule has 0 heterocycles. The van der Waals surface area contributed by atoms with E-state index in [1.165, 1.54) is 57.8 Å². The van der Waals surface area contributed by atoms with Crippen molar-refractivity contribution in [2.45, 2.75) is 89.8 Å². The summed E-state index contributed by atoms with van der Waals surface area (Å²) in [5.41, 5.74) is 0. The first-order valence-corrected chi connectivity index (χ1v) is 8.71. The second-order valence-electron chi connectivity index (χ2n) is 6.75. The van der Waals surface area contributed by atoms with Crippen LogP contribution in [0.3, 0.4) is 0 Å². The Labute approximate surface area is 120 Å². The van der Waals surface area contributed by atoms with E-state index in [1.807, 2.05) is 0 Å². The van der Waals surface area contributed by atoms with Crippen molar-refractivity contribution < 1.29 is 0 Å². The highest BCUT2D eigenvalue weighted by Crippen LogP contribution is 2.33. The van der Waals surface area contributed by atoms with E-state index >= 15 is 0 Å². The predicted molar refractivity (Wildman–Crippen MR) is 83.5 cm³/mol. The van der Waals surface area contributed by atoms with Gasteiger partial charge < -0.3 is 10.2 Å². The van der Waals surface area contributed by atoms with Crippen molar-refractivity contribution in [3.8, 4) is 0 Å². The van der Waals surface area contributed by atoms with E-state index in [1.54, 1.807) is 0 Å². The maximum Gasteiger partial charge on any atom is 0.0123 e. The lowest BCUT2D eigenvalue weighted by Crippen LogP contribution is -2.48. The minimum Gasteiger partial charge on any atom is -0.314 e. The summed E-state index contributed by atoms with van der Waals surface area (Å²) in [5, 5.41) is 3.62. The Hall–Kier alpha value is -0.0800. The average Bonchev–Trinajstić information content (AvgIpc) is 2.47. The van der Waals surface area contributed by atoms with Gasteiger partial charge in [-0.05, 0) is 58.0 Å². The maximum absolute atomic E-state index is 3.62. The summed E-state index contributed by atoms with van der Waals surface area (Å²) in [6.45, 7) is 5.75. The van der Waals surface area contributed by atoms with Gasteiger partial charge in [-0.3, -0.25) is 0 Å². The van der Waals surface area contributed by atoms with Gasteiger partial charge in [-0.25, -0.2) is 0 Å². The SMILES string of the molecule is CCNC1CCC(N(C)C2CCCCC2CC)CC1. The van der Waals surface area contributed by atoms with E-state index < -0.39 is 0 Å². The largest absolute Gasteiger partial charge is 0.314 e. The second kappa shape index (κ2) is 7.64. The third-order valence-corrected chi connectivity index (χ3v) is 5.68. The molecule has 0 aromatic rings. The summed E-state index contributed by atoms with van der Waals surface area (Å²) in [6.07, 6.45) is 12.8. The average molecular weight is 266 g/mol. The Kier molecular flexibility index (Phi) is 6.15. The summed E-state index contributed by atoms with van der Waals surface area (Å²) >= 11 is 0. The van der Waals surface area contributed by atoms with Crippen molar-refractivity contribution in [2.24, 2.45) is 5.92 Å². The first-order chi connectivity index (χ1) is 9.26. The minimum absolute atomic E-state index is 0.794. The number of nitrogens with one attached hydrogen (secondary N) is 1. The summed E-state index contributed by atoms with van der Waals surface area (Å²) in [7, 11) is 2.41. The van der Waals surface area contributed by atoms with Crippen molar-refractivity contribution in [2.75, 3.05) is 13.6 Å². The van der Waals surface area contributed by atoms with Crippen LogP contribution in [0.2, 0.25) is 0 Å². The van der Waals surface area contributed by atoms with E-state index in [2.05, 4.69) is 31.1 Å². The fourth-order valence-electron chi connectivity index (χ4n) is 4.45. The van der Waals surface area contributed by atoms with Crippen LogP contribution in [0.5, 0.6) is 0 Å². The van der Waals surface area contributed by atoms with Crippen molar-refractivity contribution in [3.63, 3.8) is 0 Å². The van der Waals surface area contributed by atoms with E-state index in [0.717, 1.165) is 30.6 Å². The van der Waals surface area contributed by atoms with Crippen LogP contribution in [0.4, 0.5) is 0 Å². The van der Waals surface area contributed by atoms with Crippen molar-refractivity contribution in [1.29, 1.82) is 0 Å². The zero-order chi connectivity index (χ0) is 13.7. The Bertz CT molecular complexity index is 246. The molecule has 0 amide bonds. The molecule has 0 spiro atoms. The van der Waals surface area contributed by atoms with Crippen molar-refractivity contribution in [3.05, 3.63) is 0 Å². The first-order valence-electron chi connectivity index (χ1n) is 8.71. The molecule has 2 rings (SSSR count). The van der Waals surface area contributed by atoms with E-state index in [-0.39, 0.29) is 0 Å². The molecule has 2 fully saturated rings. The number of hydrogen-bond acceptors (Lipinski definition) is 2. The molecule has 2 unspecified atom stereocenters. The van der Waals surface area contributed by atoms with Crippen molar-refractivity contribution >= 4 is 0 Å². The molecule has 0 aromatic heterocycles. The van der Waals surface area contributed by atoms with Gasteiger partial charge in [0.25, 0.3) is 0 Å². The Morgan fingerprint density at radius 1 is 0.947 bits per heavy atom. The molecule has 0 saturated heterocycles. The minimum atomic E-state index is 0.794. The van der Waals surface area contributed by atoms with Crippen LogP contribution in [0.1, 0.15) is 71.6 Å². The van der Waals surface area contributed by atoms with Crippen LogP contribution in [0.25, 0.3) is 0 Å². The van der Waals surface area contributed by atoms with Crippen LogP contribution in [0.15, 0.2) is 0 Å². The molecule has 0 radical (unpaired) electrons. The topological polar surface area (TPSA) is 15.3 Å². The quantitative estimate of drug-likeness (QED) is 0.814. The van der Waals surface area contributed by atoms with Gasteiger partial charge >= 0.3 is 0 Å². The molecule has 2 aliphatic rings. The summed E-state index contributed by atoms with van der Waals surface area (Å²) in [4.78, 5) is 2.77. The zero-order valence-electron chi connectivity index (χ0n) is 13.3. The normalized spacial score (nSPS) is 36.6. The lowest BCUT2D eigenvalue weighted by atomic mass is 9.80. The van der Waals surface area contributed by atoms with Crippen LogP contribution in [-0.4, -0.2) is 36.6 Å². The van der Waals surface area contributed by atoms with Gasteiger partial charge in [-0.15, -0.1) is 0 Å². The fraction of sp³-hybridized carbons (Fsp3) is 1.00. The molecule has 0 aromatic carbocycles. The lowest BCUT2D eigenvalue weighted by molar-refractivity contribution is 0.0645. The van der Waals surface area contributed by atoms with Gasteiger partial charge in [0.2, 0.25) is 0 Å². The number of rotatable bonds is 5. The third kappa shape index (κ3) is 3.95. The fourth-order valence-corrected chi connectivity index (χ4v) is 4.45. The summed E-state index contributed by atoms with van der Waals surface area (Å²) in [5.74, 6) is 0.963.